The number of amides is 1. The number of H-pyrrole nitrogens is 1. The van der Waals surface area contributed by atoms with Crippen LogP contribution in [0.15, 0.2) is 24.3 Å². The number of halogens is 2. The molecule has 0 atom stereocenters. The molecular formula is C22H20F2N6O3S. The minimum atomic E-state index is -0.700. The van der Waals surface area contributed by atoms with Gasteiger partial charge in [-0.15, -0.1) is 16.4 Å². The van der Waals surface area contributed by atoms with Crippen molar-refractivity contribution in [3.63, 3.8) is 0 Å². The fourth-order valence-electron chi connectivity index (χ4n) is 3.85. The number of aliphatic hydroxyl groups excluding tert-OH is 1. The zero-order valence-corrected chi connectivity index (χ0v) is 18.9. The van der Waals surface area contributed by atoms with Crippen LogP contribution in [0, 0.1) is 18.6 Å². The van der Waals surface area contributed by atoms with Crippen molar-refractivity contribution in [2.45, 2.75) is 32.5 Å². The van der Waals surface area contributed by atoms with Gasteiger partial charge in [-0.1, -0.05) is 11.3 Å². The number of aromatic nitrogens is 5. The van der Waals surface area contributed by atoms with Crippen LogP contribution in [-0.2, 0) is 11.3 Å². The maximum absolute atomic E-state index is 14.9. The molecule has 0 radical (unpaired) electrons. The molecule has 5 rings (SSSR count). The molecule has 9 nitrogen and oxygen atoms in total. The number of carbonyl (C=O) groups excluding carboxylic acids is 1. The molecule has 4 aromatic rings. The number of benzene rings is 1. The number of ether oxygens (including phenoxy) is 1. The first-order valence-corrected chi connectivity index (χ1v) is 11.4. The van der Waals surface area contributed by atoms with Crippen molar-refractivity contribution in [1.29, 1.82) is 0 Å². The third-order valence-corrected chi connectivity index (χ3v) is 6.80. The van der Waals surface area contributed by atoms with Crippen LogP contribution in [0.25, 0.3) is 32.9 Å². The van der Waals surface area contributed by atoms with Crippen molar-refractivity contribution in [2.75, 3.05) is 13.1 Å². The van der Waals surface area contributed by atoms with Crippen molar-refractivity contribution in [3.8, 4) is 21.8 Å². The van der Waals surface area contributed by atoms with Gasteiger partial charge in [-0.3, -0.25) is 5.10 Å². The van der Waals surface area contributed by atoms with Gasteiger partial charge in [-0.05, 0) is 38.0 Å². The molecule has 1 amide bonds. The maximum atomic E-state index is 14.9. The number of nitrogens with zero attached hydrogens (tertiary/aromatic N) is 5. The normalized spacial score (nSPS) is 14.6. The van der Waals surface area contributed by atoms with Gasteiger partial charge in [0.1, 0.15) is 17.1 Å². The number of thiazole rings is 1. The lowest BCUT2D eigenvalue weighted by atomic mass is 10.1. The maximum Gasteiger partial charge on any atom is 0.410 e. The summed E-state index contributed by atoms with van der Waals surface area (Å²) in [7, 11) is 0. The zero-order chi connectivity index (χ0) is 23.8. The molecule has 1 aromatic carbocycles. The number of carbonyl (C=O) groups is 1. The van der Waals surface area contributed by atoms with Crippen LogP contribution in [0.5, 0.6) is 0 Å². The molecule has 3 aromatic heterocycles. The van der Waals surface area contributed by atoms with E-state index in [0.29, 0.717) is 42.3 Å². The fraction of sp³-hybridized carbons (Fsp3) is 0.318. The Morgan fingerprint density at radius 3 is 2.82 bits per heavy atom. The average molecular weight is 487 g/mol. The van der Waals surface area contributed by atoms with Gasteiger partial charge in [0, 0.05) is 18.7 Å². The summed E-state index contributed by atoms with van der Waals surface area (Å²) in [4.78, 5) is 23.6. The summed E-state index contributed by atoms with van der Waals surface area (Å²) >= 11 is 1.31. The Hall–Kier alpha value is -3.51. The molecule has 1 aliphatic heterocycles. The highest BCUT2D eigenvalue weighted by molar-refractivity contribution is 7.15. The number of hydrogen-bond acceptors (Lipinski definition) is 8. The third kappa shape index (κ3) is 4.21. The van der Waals surface area contributed by atoms with E-state index in [1.165, 1.54) is 11.3 Å². The lowest BCUT2D eigenvalue weighted by Crippen LogP contribution is -2.40. The summed E-state index contributed by atoms with van der Waals surface area (Å²) in [6.07, 6.45) is 0.250. The summed E-state index contributed by atoms with van der Waals surface area (Å²) in [5.41, 5.74) is 1.16. The number of fused-ring (bicyclic) bond motifs is 1. The van der Waals surface area contributed by atoms with E-state index in [9.17, 15) is 18.7 Å². The van der Waals surface area contributed by atoms with Gasteiger partial charge in [0.15, 0.2) is 17.2 Å². The quantitative estimate of drug-likeness (QED) is 0.450. The standard InChI is InChI=1S/C22H20F2N6O3S/c1-11-21(34-17(25-11)10-33-22(32)30-7-5-12(31)6-8-30)16-4-2-3-15(26-16)13-9-14(23)19-20(18(13)24)28-29-27-19/h2-4,9,12,31H,5-8,10H2,1H3,(H,27,28,29). The van der Waals surface area contributed by atoms with Crippen LogP contribution in [0.2, 0.25) is 0 Å². The van der Waals surface area contributed by atoms with Crippen molar-refractivity contribution in [3.05, 3.63) is 46.6 Å². The van der Waals surface area contributed by atoms with Gasteiger partial charge in [0.05, 0.1) is 28.1 Å². The van der Waals surface area contributed by atoms with E-state index < -0.39 is 17.7 Å². The second-order valence-corrected chi connectivity index (χ2v) is 9.04. The predicted molar refractivity (Wildman–Crippen MR) is 120 cm³/mol. The van der Waals surface area contributed by atoms with Gasteiger partial charge >= 0.3 is 6.09 Å². The van der Waals surface area contributed by atoms with Gasteiger partial charge in [-0.25, -0.2) is 23.5 Å². The van der Waals surface area contributed by atoms with Crippen molar-refractivity contribution in [1.82, 2.24) is 30.3 Å². The van der Waals surface area contributed by atoms with Crippen molar-refractivity contribution < 1.29 is 23.4 Å². The summed E-state index contributed by atoms with van der Waals surface area (Å²) in [5.74, 6) is -1.39. The topological polar surface area (TPSA) is 117 Å². The summed E-state index contributed by atoms with van der Waals surface area (Å²) in [5, 5.41) is 19.6. The first-order chi connectivity index (χ1) is 16.4. The number of aryl methyl sites for hydroxylation is 1. The van der Waals surface area contributed by atoms with Gasteiger partial charge < -0.3 is 14.7 Å². The van der Waals surface area contributed by atoms with E-state index in [1.54, 1.807) is 30.0 Å². The largest absolute Gasteiger partial charge is 0.442 e. The fourth-order valence-corrected chi connectivity index (χ4v) is 4.80. The Bertz CT molecular complexity index is 1370. The van der Waals surface area contributed by atoms with E-state index in [-0.39, 0.29) is 35.0 Å². The Kier molecular flexibility index (Phi) is 5.92. The Morgan fingerprint density at radius 2 is 2.03 bits per heavy atom. The minimum Gasteiger partial charge on any atom is -0.442 e. The van der Waals surface area contributed by atoms with E-state index in [0.717, 1.165) is 10.9 Å². The van der Waals surface area contributed by atoms with Crippen LogP contribution in [0.1, 0.15) is 23.5 Å². The SMILES string of the molecule is Cc1nc(COC(=O)N2CCC(O)CC2)sc1-c1cccc(-c2cc(F)c3nn[nH]c3c2F)n1. The molecule has 0 aliphatic carbocycles. The molecular weight excluding hydrogens is 466 g/mol. The van der Waals surface area contributed by atoms with Crippen molar-refractivity contribution in [2.24, 2.45) is 0 Å². The highest BCUT2D eigenvalue weighted by atomic mass is 32.1. The van der Waals surface area contributed by atoms with Crippen molar-refractivity contribution >= 4 is 28.5 Å². The van der Waals surface area contributed by atoms with Crippen LogP contribution in [0.3, 0.4) is 0 Å². The molecule has 176 valence electrons. The lowest BCUT2D eigenvalue weighted by Gasteiger charge is -2.28. The smallest absolute Gasteiger partial charge is 0.410 e. The number of rotatable bonds is 4. The molecule has 2 N–H and O–H groups in total. The number of aliphatic hydroxyl groups is 1. The molecule has 1 aliphatic rings. The van der Waals surface area contributed by atoms with Gasteiger partial charge in [0.25, 0.3) is 0 Å². The summed E-state index contributed by atoms with van der Waals surface area (Å²) in [6, 6.07) is 6.10. The highest BCUT2D eigenvalue weighted by Crippen LogP contribution is 2.33. The number of hydrogen-bond donors (Lipinski definition) is 2. The molecule has 0 unspecified atom stereocenters. The van der Waals surface area contributed by atoms with E-state index >= 15 is 0 Å². The second-order valence-electron chi connectivity index (χ2n) is 7.96. The molecule has 12 heteroatoms. The number of aromatic amines is 1. The Morgan fingerprint density at radius 1 is 1.26 bits per heavy atom. The molecule has 0 bridgehead atoms. The number of nitrogens with one attached hydrogen (secondary N) is 1. The summed E-state index contributed by atoms with van der Waals surface area (Å²) < 4.78 is 34.7. The highest BCUT2D eigenvalue weighted by Gasteiger charge is 2.23. The minimum absolute atomic E-state index is 0.00636. The molecule has 1 saturated heterocycles. The van der Waals surface area contributed by atoms with Gasteiger partial charge in [0.2, 0.25) is 0 Å². The first kappa shape index (κ1) is 22.3. The first-order valence-electron chi connectivity index (χ1n) is 10.6. The lowest BCUT2D eigenvalue weighted by molar-refractivity contribution is 0.0560. The molecule has 34 heavy (non-hydrogen) atoms. The molecule has 1 fully saturated rings. The van der Waals surface area contributed by atoms with E-state index in [1.807, 2.05) is 0 Å². The monoisotopic (exact) mass is 486 g/mol. The zero-order valence-electron chi connectivity index (χ0n) is 18.1. The average Bonchev–Trinajstić information content (AvgIpc) is 3.48. The predicted octanol–water partition coefficient (Wildman–Crippen LogP) is 3.82. The Labute approximate surface area is 196 Å². The molecule has 0 saturated carbocycles. The van der Waals surface area contributed by atoms with Crippen LogP contribution >= 0.6 is 11.3 Å². The summed E-state index contributed by atoms with van der Waals surface area (Å²) in [6.45, 7) is 2.72. The number of likely N-dealkylation sites (tertiary alicyclic amines) is 1. The number of pyridine rings is 1. The third-order valence-electron chi connectivity index (χ3n) is 5.64. The second kappa shape index (κ2) is 9.03. The van der Waals surface area contributed by atoms with Crippen LogP contribution < -0.4 is 0 Å². The van der Waals surface area contributed by atoms with E-state index in [2.05, 4.69) is 25.4 Å². The molecule has 0 spiro atoms. The van der Waals surface area contributed by atoms with Crippen LogP contribution in [-0.4, -0.2) is 60.7 Å². The van der Waals surface area contributed by atoms with Crippen LogP contribution in [0.4, 0.5) is 13.6 Å². The van der Waals surface area contributed by atoms with E-state index in [4.69, 9.17) is 4.74 Å². The molecule has 4 heterocycles. The Balaban J connectivity index is 1.36. The number of piperidine rings is 1. The van der Waals surface area contributed by atoms with Gasteiger partial charge in [-0.2, -0.15) is 0 Å².